The van der Waals surface area contributed by atoms with Crippen LogP contribution in [0.5, 0.6) is 0 Å². The predicted molar refractivity (Wildman–Crippen MR) is 94.3 cm³/mol. The monoisotopic (exact) mass is 314 g/mol. The van der Waals surface area contributed by atoms with Gasteiger partial charge in [0.1, 0.15) is 6.07 Å². The topological polar surface area (TPSA) is 35.8 Å². The molecule has 0 aromatic heterocycles. The number of para-hydroxylation sites is 1. The van der Waals surface area contributed by atoms with E-state index in [1.54, 1.807) is 11.8 Å². The minimum Gasteiger partial charge on any atom is -0.353 e. The number of hydrogen-bond donors (Lipinski definition) is 1. The van der Waals surface area contributed by atoms with Crippen LogP contribution in [0.3, 0.4) is 0 Å². The van der Waals surface area contributed by atoms with Crippen molar-refractivity contribution in [2.75, 3.05) is 5.32 Å². The Balaban J connectivity index is 1.76. The third-order valence-electron chi connectivity index (χ3n) is 3.97. The van der Waals surface area contributed by atoms with Gasteiger partial charge in [0.15, 0.2) is 0 Å². The Labute approximate surface area is 139 Å². The van der Waals surface area contributed by atoms with Crippen molar-refractivity contribution in [3.63, 3.8) is 0 Å². The molecule has 3 heteroatoms. The van der Waals surface area contributed by atoms with Crippen LogP contribution in [0, 0.1) is 11.3 Å². The number of nitriles is 1. The minimum absolute atomic E-state index is 0.744. The Bertz CT molecular complexity index is 911. The Hall–Kier alpha value is -2.70. The molecule has 0 radical (unpaired) electrons. The molecule has 0 spiro atoms. The lowest BCUT2D eigenvalue weighted by Crippen LogP contribution is -2.04. The standard InChI is InChI=1S/C20H14N2S/c21-13-16-15(12-14-6-2-1-3-7-14)10-11-19-20(16)22-17-8-4-5-9-18(17)23-19/h1-11,22H,12H2. The Morgan fingerprint density at radius 3 is 2.48 bits per heavy atom. The van der Waals surface area contributed by atoms with E-state index in [0.29, 0.717) is 0 Å². The van der Waals surface area contributed by atoms with Gasteiger partial charge in [-0.3, -0.25) is 0 Å². The van der Waals surface area contributed by atoms with E-state index in [1.165, 1.54) is 10.5 Å². The molecule has 1 aliphatic heterocycles. The van der Waals surface area contributed by atoms with E-state index in [9.17, 15) is 5.26 Å². The van der Waals surface area contributed by atoms with E-state index < -0.39 is 0 Å². The fourth-order valence-electron chi connectivity index (χ4n) is 2.84. The molecule has 0 fully saturated rings. The molecule has 1 aliphatic rings. The van der Waals surface area contributed by atoms with Crippen LogP contribution in [0.15, 0.2) is 76.5 Å². The molecule has 3 aromatic carbocycles. The van der Waals surface area contributed by atoms with Gasteiger partial charge in [0.05, 0.1) is 16.9 Å². The van der Waals surface area contributed by atoms with Gasteiger partial charge in [-0.25, -0.2) is 0 Å². The van der Waals surface area contributed by atoms with Crippen molar-refractivity contribution in [1.29, 1.82) is 5.26 Å². The molecule has 1 N–H and O–H groups in total. The molecule has 0 aliphatic carbocycles. The Kier molecular flexibility index (Phi) is 3.53. The van der Waals surface area contributed by atoms with Crippen molar-refractivity contribution in [2.24, 2.45) is 0 Å². The van der Waals surface area contributed by atoms with Gasteiger partial charge in [0.25, 0.3) is 0 Å². The van der Waals surface area contributed by atoms with Crippen LogP contribution in [0.1, 0.15) is 16.7 Å². The molecule has 0 bridgehead atoms. The molecule has 0 saturated carbocycles. The molecule has 0 unspecified atom stereocenters. The van der Waals surface area contributed by atoms with E-state index >= 15 is 0 Å². The van der Waals surface area contributed by atoms with Crippen LogP contribution in [-0.2, 0) is 6.42 Å². The first-order valence-electron chi connectivity index (χ1n) is 7.49. The largest absolute Gasteiger partial charge is 0.353 e. The van der Waals surface area contributed by atoms with Gasteiger partial charge in [-0.15, -0.1) is 0 Å². The van der Waals surface area contributed by atoms with Gasteiger partial charge in [-0.1, -0.05) is 60.3 Å². The van der Waals surface area contributed by atoms with Crippen LogP contribution >= 0.6 is 11.8 Å². The quantitative estimate of drug-likeness (QED) is 0.541. The van der Waals surface area contributed by atoms with Crippen molar-refractivity contribution in [3.8, 4) is 6.07 Å². The second-order valence-electron chi connectivity index (χ2n) is 5.47. The van der Waals surface area contributed by atoms with Gasteiger partial charge >= 0.3 is 0 Å². The molecule has 110 valence electrons. The lowest BCUT2D eigenvalue weighted by molar-refractivity contribution is 1.16. The number of nitrogens with one attached hydrogen (secondary N) is 1. The van der Waals surface area contributed by atoms with Crippen LogP contribution in [0.25, 0.3) is 0 Å². The predicted octanol–water partition coefficient (Wildman–Crippen LogP) is 5.36. The maximum absolute atomic E-state index is 9.70. The minimum atomic E-state index is 0.744. The van der Waals surface area contributed by atoms with Crippen molar-refractivity contribution < 1.29 is 0 Å². The Morgan fingerprint density at radius 2 is 1.65 bits per heavy atom. The first kappa shape index (κ1) is 13.9. The molecular formula is C20H14N2S. The first-order chi connectivity index (χ1) is 11.3. The molecule has 2 nitrogen and oxygen atoms in total. The summed E-state index contributed by atoms with van der Waals surface area (Å²) in [6, 6.07) is 25.0. The number of benzene rings is 3. The second kappa shape index (κ2) is 5.83. The molecule has 0 amide bonds. The summed E-state index contributed by atoms with van der Waals surface area (Å²) in [5, 5.41) is 13.1. The smallest absolute Gasteiger partial charge is 0.102 e. The molecule has 0 saturated heterocycles. The molecule has 0 atom stereocenters. The van der Waals surface area contributed by atoms with Gasteiger partial charge in [0.2, 0.25) is 0 Å². The average Bonchev–Trinajstić information content (AvgIpc) is 2.61. The van der Waals surface area contributed by atoms with Gasteiger partial charge in [-0.05, 0) is 35.7 Å². The van der Waals surface area contributed by atoms with Crippen LogP contribution in [-0.4, -0.2) is 0 Å². The van der Waals surface area contributed by atoms with Crippen molar-refractivity contribution in [3.05, 3.63) is 83.4 Å². The summed E-state index contributed by atoms with van der Waals surface area (Å²) in [6.07, 6.45) is 0.769. The summed E-state index contributed by atoms with van der Waals surface area (Å²) in [4.78, 5) is 2.30. The zero-order valence-corrected chi connectivity index (χ0v) is 13.2. The van der Waals surface area contributed by atoms with Crippen LogP contribution in [0.2, 0.25) is 0 Å². The SMILES string of the molecule is N#Cc1c(Cc2ccccc2)ccc2c1Nc1ccccc1S2. The highest BCUT2D eigenvalue weighted by molar-refractivity contribution is 7.99. The number of nitrogens with zero attached hydrogens (tertiary/aromatic N) is 1. The van der Waals surface area contributed by atoms with E-state index in [1.807, 2.05) is 30.3 Å². The Morgan fingerprint density at radius 1 is 0.870 bits per heavy atom. The summed E-state index contributed by atoms with van der Waals surface area (Å²) in [5.74, 6) is 0. The third kappa shape index (κ3) is 2.58. The second-order valence-corrected chi connectivity index (χ2v) is 6.55. The summed E-state index contributed by atoms with van der Waals surface area (Å²) >= 11 is 1.71. The van der Waals surface area contributed by atoms with Gasteiger partial charge in [0, 0.05) is 9.79 Å². The van der Waals surface area contributed by atoms with Crippen LogP contribution < -0.4 is 5.32 Å². The summed E-state index contributed by atoms with van der Waals surface area (Å²) in [5.41, 5.74) is 5.02. The number of fused-ring (bicyclic) bond motifs is 2. The molecule has 1 heterocycles. The molecule has 23 heavy (non-hydrogen) atoms. The number of rotatable bonds is 2. The van der Waals surface area contributed by atoms with E-state index in [2.05, 4.69) is 47.8 Å². The molecule has 3 aromatic rings. The molecule has 4 rings (SSSR count). The zero-order valence-electron chi connectivity index (χ0n) is 12.4. The third-order valence-corrected chi connectivity index (χ3v) is 5.11. The first-order valence-corrected chi connectivity index (χ1v) is 8.30. The summed E-state index contributed by atoms with van der Waals surface area (Å²) in [7, 11) is 0. The fraction of sp³-hybridized carbons (Fsp3) is 0.0500. The van der Waals surface area contributed by atoms with E-state index in [0.717, 1.165) is 33.8 Å². The highest BCUT2D eigenvalue weighted by atomic mass is 32.2. The van der Waals surface area contributed by atoms with Crippen molar-refractivity contribution in [2.45, 2.75) is 16.2 Å². The van der Waals surface area contributed by atoms with Crippen LogP contribution in [0.4, 0.5) is 11.4 Å². The van der Waals surface area contributed by atoms with Gasteiger partial charge in [-0.2, -0.15) is 5.26 Å². The fourth-order valence-corrected chi connectivity index (χ4v) is 3.84. The zero-order chi connectivity index (χ0) is 15.6. The number of anilines is 2. The highest BCUT2D eigenvalue weighted by Crippen LogP contribution is 2.46. The molecular weight excluding hydrogens is 300 g/mol. The lowest BCUT2D eigenvalue weighted by atomic mass is 9.98. The maximum Gasteiger partial charge on any atom is 0.102 e. The van der Waals surface area contributed by atoms with E-state index in [-0.39, 0.29) is 0 Å². The number of hydrogen-bond acceptors (Lipinski definition) is 3. The van der Waals surface area contributed by atoms with Gasteiger partial charge < -0.3 is 5.32 Å². The summed E-state index contributed by atoms with van der Waals surface area (Å²) < 4.78 is 0. The van der Waals surface area contributed by atoms with Crippen molar-refractivity contribution in [1.82, 2.24) is 0 Å². The maximum atomic E-state index is 9.70. The van der Waals surface area contributed by atoms with E-state index in [4.69, 9.17) is 0 Å². The average molecular weight is 314 g/mol. The normalized spacial score (nSPS) is 11.8. The highest BCUT2D eigenvalue weighted by Gasteiger charge is 2.20. The lowest BCUT2D eigenvalue weighted by Gasteiger charge is -2.23. The summed E-state index contributed by atoms with van der Waals surface area (Å²) in [6.45, 7) is 0. The van der Waals surface area contributed by atoms with Crippen molar-refractivity contribution >= 4 is 23.1 Å².